The molecule has 12 nitrogen and oxygen atoms in total. The first-order valence-electron chi connectivity index (χ1n) is 17.2. The zero-order valence-corrected chi connectivity index (χ0v) is 30.5. The van der Waals surface area contributed by atoms with Crippen LogP contribution >= 0.6 is 0 Å². The predicted octanol–water partition coefficient (Wildman–Crippen LogP) is 2.30. The Bertz CT molecular complexity index is 1140. The number of pyridine rings is 1. The summed E-state index contributed by atoms with van der Waals surface area (Å²) in [5, 5.41) is 14.9. The van der Waals surface area contributed by atoms with Gasteiger partial charge in [-0.25, -0.2) is 4.98 Å². The van der Waals surface area contributed by atoms with Gasteiger partial charge in [0.25, 0.3) is 5.91 Å². The number of amides is 5. The highest BCUT2D eigenvalue weighted by molar-refractivity contribution is 5.98. The molecular formula is C35H62N7O5+. The Morgan fingerprint density at radius 1 is 0.766 bits per heavy atom. The average Bonchev–Trinajstić information content (AvgIpc) is 3.02. The summed E-state index contributed by atoms with van der Waals surface area (Å²) in [5.74, 6) is -1.40. The highest BCUT2D eigenvalue weighted by Gasteiger charge is 2.36. The Hall–Kier alpha value is -3.54. The number of aromatic amines is 1. The van der Waals surface area contributed by atoms with E-state index in [2.05, 4.69) is 45.4 Å². The summed E-state index contributed by atoms with van der Waals surface area (Å²) < 4.78 is 0. The second kappa shape index (κ2) is 20.6. The number of carbonyl (C=O) groups excluding carboxylic acids is 5. The molecule has 1 heterocycles. The van der Waals surface area contributed by atoms with Crippen LogP contribution in [0.5, 0.6) is 0 Å². The molecule has 266 valence electrons. The van der Waals surface area contributed by atoms with Gasteiger partial charge in [-0.1, -0.05) is 61.8 Å². The summed E-state index contributed by atoms with van der Waals surface area (Å²) in [6, 6.07) is 0.118. The summed E-state index contributed by atoms with van der Waals surface area (Å²) in [5.41, 5.74) is 0.430. The molecule has 0 radical (unpaired) electrons. The molecule has 12 heteroatoms. The maximum Gasteiger partial charge on any atom is 0.252 e. The molecule has 0 aliphatic carbocycles. The van der Waals surface area contributed by atoms with Crippen LogP contribution in [0.25, 0.3) is 0 Å². The van der Waals surface area contributed by atoms with Crippen LogP contribution in [0, 0.1) is 23.7 Å². The molecule has 1 aromatic heterocycles. The highest BCUT2D eigenvalue weighted by atomic mass is 16.2. The first kappa shape index (κ1) is 41.5. The van der Waals surface area contributed by atoms with E-state index in [-0.39, 0.29) is 59.2 Å². The molecule has 0 aliphatic rings. The highest BCUT2D eigenvalue weighted by Crippen LogP contribution is 2.18. The number of hydrogen-bond acceptors (Lipinski definition) is 6. The van der Waals surface area contributed by atoms with Gasteiger partial charge in [-0.15, -0.1) is 0 Å². The summed E-state index contributed by atoms with van der Waals surface area (Å²) in [7, 11) is 1.62. The van der Waals surface area contributed by atoms with Crippen LogP contribution in [0.3, 0.4) is 0 Å². The minimum Gasteiger partial charge on any atom is -0.355 e. The van der Waals surface area contributed by atoms with Gasteiger partial charge < -0.3 is 31.5 Å². The molecule has 6 atom stereocenters. The minimum absolute atomic E-state index is 0.0894. The lowest BCUT2D eigenvalue weighted by molar-refractivity contribution is -0.378. The summed E-state index contributed by atoms with van der Waals surface area (Å²) in [6.45, 7) is 20.1. The number of nitrogens with one attached hydrogen (secondary N) is 6. The molecule has 5 amide bonds. The molecule has 0 saturated heterocycles. The second-order valence-electron chi connectivity index (χ2n) is 13.8. The van der Waals surface area contributed by atoms with Gasteiger partial charge in [-0.2, -0.15) is 0 Å². The summed E-state index contributed by atoms with van der Waals surface area (Å²) >= 11 is 0. The lowest BCUT2D eigenvalue weighted by atomic mass is 9.95. The number of hydrogen-bond donors (Lipinski definition) is 5. The van der Waals surface area contributed by atoms with Crippen LogP contribution in [-0.4, -0.2) is 84.8 Å². The topological polar surface area (TPSA) is 163 Å². The van der Waals surface area contributed by atoms with Crippen LogP contribution < -0.4 is 31.6 Å². The van der Waals surface area contributed by atoms with Gasteiger partial charge in [0.2, 0.25) is 23.6 Å². The van der Waals surface area contributed by atoms with Crippen LogP contribution in [0.2, 0.25) is 0 Å². The average molecular weight is 661 g/mol. The maximum absolute atomic E-state index is 14.0. The zero-order chi connectivity index (χ0) is 35.8. The number of H-pyrrole nitrogens is 1. The van der Waals surface area contributed by atoms with Crippen molar-refractivity contribution in [3.8, 4) is 0 Å². The van der Waals surface area contributed by atoms with E-state index in [1.165, 1.54) is 4.90 Å². The van der Waals surface area contributed by atoms with E-state index < -0.39 is 24.2 Å². The molecule has 6 N–H and O–H groups in total. The van der Waals surface area contributed by atoms with Crippen molar-refractivity contribution in [2.75, 3.05) is 20.1 Å². The fraction of sp³-hybridized carbons (Fsp3) is 0.714. The third kappa shape index (κ3) is 14.0. The van der Waals surface area contributed by atoms with Crippen molar-refractivity contribution in [1.29, 1.82) is 0 Å². The van der Waals surface area contributed by atoms with Crippen molar-refractivity contribution < 1.29 is 29.0 Å². The molecule has 0 bridgehead atoms. The molecule has 0 spiro atoms. The first-order chi connectivity index (χ1) is 22.0. The fourth-order valence-electron chi connectivity index (χ4n) is 5.28. The normalized spacial score (nSPS) is 15.3. The van der Waals surface area contributed by atoms with Gasteiger partial charge in [0.05, 0.1) is 11.6 Å². The number of aromatic nitrogens is 1. The van der Waals surface area contributed by atoms with E-state index in [0.29, 0.717) is 37.9 Å². The quantitative estimate of drug-likeness (QED) is 0.144. The number of likely N-dealkylation sites (N-methyl/N-ethyl adjacent to an activating group) is 2. The lowest BCUT2D eigenvalue weighted by Gasteiger charge is -2.35. The van der Waals surface area contributed by atoms with E-state index in [1.54, 1.807) is 38.5 Å². The van der Waals surface area contributed by atoms with Crippen molar-refractivity contribution in [1.82, 2.24) is 31.5 Å². The third-order valence-electron chi connectivity index (χ3n) is 8.32. The van der Waals surface area contributed by atoms with Crippen molar-refractivity contribution in [2.45, 2.75) is 119 Å². The van der Waals surface area contributed by atoms with Crippen molar-refractivity contribution in [3.05, 3.63) is 30.1 Å². The molecule has 0 saturated carbocycles. The number of nitrogens with zero attached hydrogens (tertiary/aromatic N) is 1. The monoisotopic (exact) mass is 660 g/mol. The molecule has 1 aromatic rings. The molecule has 47 heavy (non-hydrogen) atoms. The SMILES string of the molecule is CCNC(=O)C(NC(=O)[C@H](C)NCC(CC(C)C)NC(=O)[C@H](CC(C)C)N(C)C(=O)C(NC(=O)c1cc[nH+]cc1)[C@@H](C)CC)C(C)C. The van der Waals surface area contributed by atoms with Gasteiger partial charge in [0, 0.05) is 38.3 Å². The van der Waals surface area contributed by atoms with E-state index in [0.717, 1.165) is 0 Å². The van der Waals surface area contributed by atoms with Crippen LogP contribution in [0.1, 0.15) is 98.9 Å². The van der Waals surface area contributed by atoms with E-state index in [9.17, 15) is 24.0 Å². The van der Waals surface area contributed by atoms with Crippen molar-refractivity contribution in [3.63, 3.8) is 0 Å². The van der Waals surface area contributed by atoms with Crippen molar-refractivity contribution >= 4 is 29.5 Å². The van der Waals surface area contributed by atoms with E-state index >= 15 is 0 Å². The van der Waals surface area contributed by atoms with Gasteiger partial charge >= 0.3 is 0 Å². The Morgan fingerprint density at radius 3 is 1.87 bits per heavy atom. The maximum atomic E-state index is 14.0. The van der Waals surface area contributed by atoms with E-state index in [4.69, 9.17) is 0 Å². The third-order valence-corrected chi connectivity index (χ3v) is 8.32. The van der Waals surface area contributed by atoms with Crippen LogP contribution in [-0.2, 0) is 19.2 Å². The second-order valence-corrected chi connectivity index (χ2v) is 13.8. The zero-order valence-electron chi connectivity index (χ0n) is 30.5. The van der Waals surface area contributed by atoms with Crippen molar-refractivity contribution in [2.24, 2.45) is 23.7 Å². The molecule has 3 unspecified atom stereocenters. The lowest BCUT2D eigenvalue weighted by Crippen LogP contribution is -2.58. The van der Waals surface area contributed by atoms with Gasteiger partial charge in [0.15, 0.2) is 12.4 Å². The Morgan fingerprint density at radius 2 is 1.36 bits per heavy atom. The first-order valence-corrected chi connectivity index (χ1v) is 17.2. The smallest absolute Gasteiger partial charge is 0.252 e. The summed E-state index contributed by atoms with van der Waals surface area (Å²) in [4.78, 5) is 70.7. The Kier molecular flexibility index (Phi) is 18.2. The Labute approximate surface area is 282 Å². The molecular weight excluding hydrogens is 598 g/mol. The Balaban J connectivity index is 3.11. The van der Waals surface area contributed by atoms with Crippen LogP contribution in [0.15, 0.2) is 24.5 Å². The largest absolute Gasteiger partial charge is 0.355 e. The standard InChI is InChI=1S/C35H61N7O5/c1-12-24(9)30(41-32(44)26-14-16-36-17-15-26)35(47)42(11)28(19-22(5)6)33(45)39-27(18-21(3)4)20-38-25(10)31(43)40-29(23(7)8)34(46)37-13-2/h14-17,21-25,27-30,38H,12-13,18-20H2,1-11H3,(H,37,46)(H,39,45)(H,40,43)(H,41,44)/p+1/t24-,25-,27?,28-,29?,30?/m0/s1. The summed E-state index contributed by atoms with van der Waals surface area (Å²) in [6.07, 6.45) is 5.03. The van der Waals surface area contributed by atoms with Gasteiger partial charge in [-0.3, -0.25) is 24.0 Å². The molecule has 0 aromatic carbocycles. The van der Waals surface area contributed by atoms with Crippen LogP contribution in [0.4, 0.5) is 0 Å². The molecule has 0 fully saturated rings. The number of rotatable bonds is 20. The number of carbonyl (C=O) groups is 5. The fourth-order valence-corrected chi connectivity index (χ4v) is 5.28. The van der Waals surface area contributed by atoms with Gasteiger partial charge in [0.1, 0.15) is 18.1 Å². The molecule has 0 aliphatic heterocycles. The molecule has 1 rings (SSSR count). The van der Waals surface area contributed by atoms with Gasteiger partial charge in [-0.05, 0) is 50.4 Å². The predicted molar refractivity (Wildman–Crippen MR) is 184 cm³/mol. The van der Waals surface area contributed by atoms with E-state index in [1.807, 2.05) is 48.5 Å². The minimum atomic E-state index is -0.814.